The van der Waals surface area contributed by atoms with Crippen LogP contribution in [0.4, 0.5) is 11.5 Å². The predicted molar refractivity (Wildman–Crippen MR) is 77.4 cm³/mol. The van der Waals surface area contributed by atoms with Gasteiger partial charge in [0.25, 0.3) is 0 Å². The molecule has 7 nitrogen and oxygen atoms in total. The summed E-state index contributed by atoms with van der Waals surface area (Å²) in [6.45, 7) is 3.30. The van der Waals surface area contributed by atoms with Gasteiger partial charge in [0.2, 0.25) is 0 Å². The molecule has 0 radical (unpaired) electrons. The Balaban J connectivity index is 2.98. The van der Waals surface area contributed by atoms with Crippen LogP contribution in [0.25, 0.3) is 0 Å². The summed E-state index contributed by atoms with van der Waals surface area (Å²) in [6, 6.07) is 1.44. The summed E-state index contributed by atoms with van der Waals surface area (Å²) in [5.41, 5.74) is 6.13. The van der Waals surface area contributed by atoms with E-state index in [0.29, 0.717) is 0 Å². The number of carbonyl (C=O) groups excluding carboxylic acids is 1. The Bertz CT molecular complexity index is 611. The van der Waals surface area contributed by atoms with Crippen LogP contribution in [0.1, 0.15) is 24.2 Å². The van der Waals surface area contributed by atoms with Gasteiger partial charge in [-0.05, 0) is 19.9 Å². The van der Waals surface area contributed by atoms with E-state index in [0.717, 1.165) is 6.26 Å². The van der Waals surface area contributed by atoms with E-state index in [1.807, 2.05) is 0 Å². The van der Waals surface area contributed by atoms with Gasteiger partial charge in [0.05, 0.1) is 23.1 Å². The van der Waals surface area contributed by atoms with Crippen LogP contribution in [0.3, 0.4) is 0 Å². The Morgan fingerprint density at radius 1 is 1.50 bits per heavy atom. The molecule has 1 rings (SSSR count). The fourth-order valence-corrected chi connectivity index (χ4v) is 1.66. The SMILES string of the molecule is COC(=O)c1ccnc(NCC(C)(C)S(C)(=O)=O)c1N. The lowest BCUT2D eigenvalue weighted by molar-refractivity contribution is 0.0602. The van der Waals surface area contributed by atoms with Gasteiger partial charge in [0.15, 0.2) is 9.84 Å². The van der Waals surface area contributed by atoms with Gasteiger partial charge < -0.3 is 15.8 Å². The molecule has 0 aliphatic rings. The van der Waals surface area contributed by atoms with Crippen molar-refractivity contribution in [1.82, 2.24) is 4.98 Å². The van der Waals surface area contributed by atoms with E-state index in [1.165, 1.54) is 19.4 Å². The number of nitrogens with one attached hydrogen (secondary N) is 1. The van der Waals surface area contributed by atoms with Gasteiger partial charge in [-0.25, -0.2) is 18.2 Å². The van der Waals surface area contributed by atoms with Crippen molar-refractivity contribution in [2.45, 2.75) is 18.6 Å². The Morgan fingerprint density at radius 2 is 2.10 bits per heavy atom. The Kier molecular flexibility index (Phi) is 4.59. The second-order valence-electron chi connectivity index (χ2n) is 5.00. The van der Waals surface area contributed by atoms with Crippen LogP contribution in [-0.2, 0) is 14.6 Å². The third kappa shape index (κ3) is 3.38. The summed E-state index contributed by atoms with van der Waals surface area (Å²) in [5.74, 6) is -0.319. The van der Waals surface area contributed by atoms with Crippen molar-refractivity contribution in [2.24, 2.45) is 0 Å². The third-order valence-electron chi connectivity index (χ3n) is 3.08. The maximum Gasteiger partial charge on any atom is 0.340 e. The number of sulfone groups is 1. The highest BCUT2D eigenvalue weighted by molar-refractivity contribution is 7.92. The van der Waals surface area contributed by atoms with Gasteiger partial charge in [-0.1, -0.05) is 0 Å². The number of nitrogens with two attached hydrogens (primary N) is 1. The number of hydrogen-bond acceptors (Lipinski definition) is 7. The molecule has 0 bridgehead atoms. The van der Waals surface area contributed by atoms with Crippen molar-refractivity contribution in [3.63, 3.8) is 0 Å². The second kappa shape index (κ2) is 5.66. The van der Waals surface area contributed by atoms with Gasteiger partial charge in [-0.15, -0.1) is 0 Å². The zero-order valence-electron chi connectivity index (χ0n) is 11.9. The van der Waals surface area contributed by atoms with Crippen molar-refractivity contribution < 1.29 is 17.9 Å². The molecule has 1 aromatic rings. The first-order chi connectivity index (χ1) is 9.10. The van der Waals surface area contributed by atoms with Crippen molar-refractivity contribution in [3.05, 3.63) is 17.8 Å². The van der Waals surface area contributed by atoms with Gasteiger partial charge in [0, 0.05) is 19.0 Å². The number of nitrogens with zero attached hydrogens (tertiary/aromatic N) is 1. The number of hydrogen-bond donors (Lipinski definition) is 2. The van der Waals surface area contributed by atoms with E-state index in [4.69, 9.17) is 5.73 Å². The number of anilines is 2. The minimum atomic E-state index is -3.24. The van der Waals surface area contributed by atoms with Crippen LogP contribution in [0.5, 0.6) is 0 Å². The van der Waals surface area contributed by atoms with Crippen LogP contribution < -0.4 is 11.1 Å². The van der Waals surface area contributed by atoms with Gasteiger partial charge in [-0.2, -0.15) is 0 Å². The number of pyridine rings is 1. The molecular weight excluding hydrogens is 282 g/mol. The lowest BCUT2D eigenvalue weighted by Crippen LogP contribution is -2.38. The molecule has 1 heterocycles. The molecule has 1 aromatic heterocycles. The fraction of sp³-hybridized carbons (Fsp3) is 0.500. The molecule has 0 aromatic carbocycles. The minimum absolute atomic E-state index is 0.119. The second-order valence-corrected chi connectivity index (χ2v) is 7.65. The molecule has 0 amide bonds. The van der Waals surface area contributed by atoms with E-state index in [9.17, 15) is 13.2 Å². The zero-order valence-corrected chi connectivity index (χ0v) is 12.7. The largest absolute Gasteiger partial charge is 0.465 e. The summed E-state index contributed by atoms with van der Waals surface area (Å²) in [6.07, 6.45) is 2.56. The maximum atomic E-state index is 11.6. The van der Waals surface area contributed by atoms with Crippen LogP contribution in [0, 0.1) is 0 Å². The molecule has 0 saturated carbocycles. The van der Waals surface area contributed by atoms with Gasteiger partial charge in [-0.3, -0.25) is 0 Å². The molecule has 0 saturated heterocycles. The standard InChI is InChI=1S/C12H19N3O4S/c1-12(2,20(4,17)18)7-15-10-9(13)8(5-6-14-10)11(16)19-3/h5-6H,7,13H2,1-4H3,(H,14,15). The van der Waals surface area contributed by atoms with Crippen LogP contribution in [0.2, 0.25) is 0 Å². The van der Waals surface area contributed by atoms with E-state index in [-0.39, 0.29) is 23.6 Å². The first-order valence-electron chi connectivity index (χ1n) is 5.86. The Morgan fingerprint density at radius 3 is 2.60 bits per heavy atom. The van der Waals surface area contributed by atoms with Crippen molar-refractivity contribution in [1.29, 1.82) is 0 Å². The van der Waals surface area contributed by atoms with E-state index in [2.05, 4.69) is 15.0 Å². The van der Waals surface area contributed by atoms with Gasteiger partial charge >= 0.3 is 5.97 Å². The quantitative estimate of drug-likeness (QED) is 0.769. The van der Waals surface area contributed by atoms with E-state index >= 15 is 0 Å². The molecule has 0 atom stereocenters. The van der Waals surface area contributed by atoms with Crippen LogP contribution in [0.15, 0.2) is 12.3 Å². The third-order valence-corrected chi connectivity index (χ3v) is 5.23. The van der Waals surface area contributed by atoms with Gasteiger partial charge in [0.1, 0.15) is 5.82 Å². The topological polar surface area (TPSA) is 111 Å². The first kappa shape index (κ1) is 16.2. The average molecular weight is 301 g/mol. The Labute approximate surface area is 118 Å². The zero-order chi connectivity index (χ0) is 15.6. The lowest BCUT2D eigenvalue weighted by atomic mass is 10.2. The fourth-order valence-electron chi connectivity index (χ4n) is 1.33. The summed E-state index contributed by atoms with van der Waals surface area (Å²) in [5, 5.41) is 2.86. The molecule has 0 aliphatic carbocycles. The highest BCUT2D eigenvalue weighted by atomic mass is 32.2. The molecule has 112 valence electrons. The smallest absolute Gasteiger partial charge is 0.340 e. The molecular formula is C12H19N3O4S. The maximum absolute atomic E-state index is 11.6. The summed E-state index contributed by atoms with van der Waals surface area (Å²) in [4.78, 5) is 15.5. The van der Waals surface area contributed by atoms with Crippen LogP contribution in [-0.4, -0.2) is 44.0 Å². The average Bonchev–Trinajstić information content (AvgIpc) is 2.35. The molecule has 0 spiro atoms. The molecule has 20 heavy (non-hydrogen) atoms. The van der Waals surface area contributed by atoms with Crippen LogP contribution >= 0.6 is 0 Å². The van der Waals surface area contributed by atoms with Crippen molar-refractivity contribution >= 4 is 27.3 Å². The molecule has 3 N–H and O–H groups in total. The number of rotatable bonds is 5. The molecule has 0 aliphatic heterocycles. The van der Waals surface area contributed by atoms with Crippen molar-refractivity contribution in [3.8, 4) is 0 Å². The summed E-state index contributed by atoms with van der Waals surface area (Å²) < 4.78 is 26.8. The lowest BCUT2D eigenvalue weighted by Gasteiger charge is -2.23. The number of esters is 1. The summed E-state index contributed by atoms with van der Waals surface area (Å²) >= 11 is 0. The number of nitrogen functional groups attached to an aromatic ring is 1. The summed E-state index contributed by atoms with van der Waals surface area (Å²) in [7, 11) is -1.99. The molecule has 8 heteroatoms. The number of aromatic nitrogens is 1. The van der Waals surface area contributed by atoms with E-state index < -0.39 is 20.6 Å². The van der Waals surface area contributed by atoms with Crippen molar-refractivity contribution in [2.75, 3.05) is 31.0 Å². The predicted octanol–water partition coefficient (Wildman–Crippen LogP) is 0.686. The highest BCUT2D eigenvalue weighted by Gasteiger charge is 2.30. The first-order valence-corrected chi connectivity index (χ1v) is 7.75. The normalized spacial score (nSPS) is 12.0. The number of ether oxygens (including phenoxy) is 1. The minimum Gasteiger partial charge on any atom is -0.465 e. The number of carbonyl (C=O) groups is 1. The highest BCUT2D eigenvalue weighted by Crippen LogP contribution is 2.23. The molecule has 0 fully saturated rings. The van der Waals surface area contributed by atoms with E-state index in [1.54, 1.807) is 13.8 Å². The molecule has 0 unspecified atom stereocenters. The Hall–Kier alpha value is -1.83. The number of methoxy groups -OCH3 is 1. The monoisotopic (exact) mass is 301 g/mol.